The fraction of sp³-hybridized carbons (Fsp3) is 0.333. The Morgan fingerprint density at radius 1 is 1.34 bits per heavy atom. The molecule has 2 amide bonds. The Labute approximate surface area is 178 Å². The molecule has 1 saturated heterocycles. The number of nitrogens with two attached hydrogens (primary N) is 1. The smallest absolute Gasteiger partial charge is 0.312 e. The number of hydrogen-bond acceptors (Lipinski definition) is 5. The summed E-state index contributed by atoms with van der Waals surface area (Å²) in [5.41, 5.74) is 7.31. The molecule has 0 aliphatic carbocycles. The summed E-state index contributed by atoms with van der Waals surface area (Å²) in [6.07, 6.45) is 1.82. The maximum absolute atomic E-state index is 11.1. The van der Waals surface area contributed by atoms with Crippen LogP contribution >= 0.6 is 22.9 Å². The molecule has 1 aliphatic heterocycles. The number of hydrogen-bond donors (Lipinski definition) is 2. The molecule has 0 bridgehead atoms. The average Bonchev–Trinajstić information content (AvgIpc) is 3.06. The predicted molar refractivity (Wildman–Crippen MR) is 117 cm³/mol. The largest absolute Gasteiger partial charge is 0.431 e. The molecule has 1 aliphatic rings. The maximum atomic E-state index is 11.1. The van der Waals surface area contributed by atoms with Gasteiger partial charge >= 0.3 is 6.03 Å². The maximum Gasteiger partial charge on any atom is 0.312 e. The molecule has 0 unspecified atom stereocenters. The molecular formula is C21H23ClN4O2S. The van der Waals surface area contributed by atoms with Crippen molar-refractivity contribution in [3.8, 4) is 10.9 Å². The predicted octanol–water partition coefficient (Wildman–Crippen LogP) is 4.76. The topological polar surface area (TPSA) is 80.5 Å². The molecule has 6 nitrogen and oxygen atoms in total. The molecule has 8 heteroatoms. The van der Waals surface area contributed by atoms with E-state index in [4.69, 9.17) is 22.1 Å². The summed E-state index contributed by atoms with van der Waals surface area (Å²) in [5, 5.41) is 4.10. The van der Waals surface area contributed by atoms with Crippen molar-refractivity contribution in [2.75, 3.05) is 6.54 Å². The van der Waals surface area contributed by atoms with E-state index >= 15 is 0 Å². The van der Waals surface area contributed by atoms with Crippen LogP contribution in [0.2, 0.25) is 5.02 Å². The molecule has 2 heterocycles. The molecule has 29 heavy (non-hydrogen) atoms. The second kappa shape index (κ2) is 8.57. The van der Waals surface area contributed by atoms with Gasteiger partial charge in [-0.2, -0.15) is 0 Å². The van der Waals surface area contributed by atoms with Crippen LogP contribution in [0.4, 0.5) is 4.79 Å². The SMILES string of the molecule is C[C@H]1C[C@@H](NC(N)=O)CCN1Cc1ccc(Oc2nc3cc(Cl)ccc3s2)cc1. The highest BCUT2D eigenvalue weighted by molar-refractivity contribution is 7.20. The highest BCUT2D eigenvalue weighted by atomic mass is 35.5. The zero-order valence-electron chi connectivity index (χ0n) is 16.1. The molecule has 1 aromatic heterocycles. The van der Waals surface area contributed by atoms with Crippen molar-refractivity contribution in [1.29, 1.82) is 0 Å². The number of benzene rings is 2. The number of carbonyl (C=O) groups is 1. The van der Waals surface area contributed by atoms with Crippen LogP contribution in [0, 0.1) is 0 Å². The van der Waals surface area contributed by atoms with Gasteiger partial charge < -0.3 is 15.8 Å². The third-order valence-electron chi connectivity index (χ3n) is 5.20. The minimum Gasteiger partial charge on any atom is -0.431 e. The number of likely N-dealkylation sites (tertiary alicyclic amines) is 1. The van der Waals surface area contributed by atoms with Crippen LogP contribution in [0.5, 0.6) is 10.9 Å². The van der Waals surface area contributed by atoms with E-state index in [1.165, 1.54) is 16.9 Å². The van der Waals surface area contributed by atoms with Crippen molar-refractivity contribution in [3.63, 3.8) is 0 Å². The van der Waals surface area contributed by atoms with E-state index < -0.39 is 6.03 Å². The fourth-order valence-corrected chi connectivity index (χ4v) is 4.69. The minimum absolute atomic E-state index is 0.165. The quantitative estimate of drug-likeness (QED) is 0.611. The first kappa shape index (κ1) is 19.9. The summed E-state index contributed by atoms with van der Waals surface area (Å²) in [4.78, 5) is 18.0. The number of aromatic nitrogens is 1. The Bertz CT molecular complexity index is 1010. The molecule has 3 aromatic rings. The number of amides is 2. The number of urea groups is 1. The number of halogens is 1. The third kappa shape index (κ3) is 4.98. The van der Waals surface area contributed by atoms with Crippen molar-refractivity contribution >= 4 is 39.2 Å². The summed E-state index contributed by atoms with van der Waals surface area (Å²) in [6.45, 7) is 3.98. The molecule has 0 spiro atoms. The molecule has 2 aromatic carbocycles. The fourth-order valence-electron chi connectivity index (χ4n) is 3.71. The molecular weight excluding hydrogens is 408 g/mol. The zero-order valence-corrected chi connectivity index (χ0v) is 17.7. The number of carbonyl (C=O) groups excluding carboxylic acids is 1. The Morgan fingerprint density at radius 2 is 2.14 bits per heavy atom. The molecule has 3 N–H and O–H groups in total. The lowest BCUT2D eigenvalue weighted by atomic mass is 9.97. The molecule has 152 valence electrons. The van der Waals surface area contributed by atoms with Crippen molar-refractivity contribution in [2.45, 2.75) is 38.4 Å². The molecule has 4 rings (SSSR count). The van der Waals surface area contributed by atoms with Gasteiger partial charge in [-0.1, -0.05) is 35.1 Å². The van der Waals surface area contributed by atoms with Crippen LogP contribution in [-0.2, 0) is 6.54 Å². The molecule has 1 fully saturated rings. The normalized spacial score (nSPS) is 19.9. The summed E-state index contributed by atoms with van der Waals surface area (Å²) < 4.78 is 6.96. The molecule has 0 saturated carbocycles. The Kier molecular flexibility index (Phi) is 5.89. The van der Waals surface area contributed by atoms with E-state index in [2.05, 4.69) is 34.3 Å². The van der Waals surface area contributed by atoms with Gasteiger partial charge in [0.15, 0.2) is 0 Å². The van der Waals surface area contributed by atoms with Gasteiger partial charge in [0.05, 0.1) is 10.2 Å². The average molecular weight is 431 g/mol. The number of primary amides is 1. The van der Waals surface area contributed by atoms with E-state index in [-0.39, 0.29) is 6.04 Å². The van der Waals surface area contributed by atoms with E-state index in [0.717, 1.165) is 41.9 Å². The lowest BCUT2D eigenvalue weighted by Crippen LogP contribution is -2.49. The molecule has 0 radical (unpaired) electrons. The lowest BCUT2D eigenvalue weighted by molar-refractivity contribution is 0.131. The number of piperidine rings is 1. The van der Waals surface area contributed by atoms with Gasteiger partial charge in [0, 0.05) is 30.2 Å². The standard InChI is InChI=1S/C21H23ClN4O2S/c1-13-10-16(24-20(23)27)8-9-26(13)12-14-2-5-17(6-3-14)28-21-25-18-11-15(22)4-7-19(18)29-21/h2-7,11,13,16H,8-10,12H2,1H3,(H3,23,24,27)/t13-,16-/m0/s1. The van der Waals surface area contributed by atoms with Gasteiger partial charge in [0.2, 0.25) is 0 Å². The Balaban J connectivity index is 1.36. The second-order valence-corrected chi connectivity index (χ2v) is 8.82. The highest BCUT2D eigenvalue weighted by Gasteiger charge is 2.25. The minimum atomic E-state index is -0.442. The number of nitrogens with one attached hydrogen (secondary N) is 1. The van der Waals surface area contributed by atoms with Crippen LogP contribution in [0.25, 0.3) is 10.2 Å². The number of thiazole rings is 1. The van der Waals surface area contributed by atoms with Crippen LogP contribution in [0.3, 0.4) is 0 Å². The number of ether oxygens (including phenoxy) is 1. The third-order valence-corrected chi connectivity index (χ3v) is 6.35. The van der Waals surface area contributed by atoms with E-state index in [0.29, 0.717) is 16.3 Å². The first-order valence-electron chi connectivity index (χ1n) is 9.59. The molecule has 2 atom stereocenters. The van der Waals surface area contributed by atoms with Crippen LogP contribution < -0.4 is 15.8 Å². The highest BCUT2D eigenvalue weighted by Crippen LogP contribution is 2.32. The summed E-state index contributed by atoms with van der Waals surface area (Å²) in [7, 11) is 0. The van der Waals surface area contributed by atoms with Crippen LogP contribution in [0.1, 0.15) is 25.3 Å². The number of fused-ring (bicyclic) bond motifs is 1. The van der Waals surface area contributed by atoms with Crippen molar-refractivity contribution < 1.29 is 9.53 Å². The van der Waals surface area contributed by atoms with Gasteiger partial charge in [0.25, 0.3) is 5.19 Å². The van der Waals surface area contributed by atoms with Gasteiger partial charge in [0.1, 0.15) is 5.75 Å². The first-order chi connectivity index (χ1) is 14.0. The van der Waals surface area contributed by atoms with Crippen molar-refractivity contribution in [3.05, 3.63) is 53.1 Å². The first-order valence-corrected chi connectivity index (χ1v) is 10.8. The number of nitrogens with zero attached hydrogens (tertiary/aromatic N) is 2. The van der Waals surface area contributed by atoms with Crippen LogP contribution in [0.15, 0.2) is 42.5 Å². The van der Waals surface area contributed by atoms with Crippen LogP contribution in [-0.4, -0.2) is 34.5 Å². The van der Waals surface area contributed by atoms with Crippen molar-refractivity contribution in [2.24, 2.45) is 5.73 Å². The van der Waals surface area contributed by atoms with E-state index in [1.807, 2.05) is 30.3 Å². The summed E-state index contributed by atoms with van der Waals surface area (Å²) in [5.74, 6) is 0.760. The summed E-state index contributed by atoms with van der Waals surface area (Å²) in [6, 6.07) is 13.9. The van der Waals surface area contributed by atoms with E-state index in [1.54, 1.807) is 0 Å². The monoisotopic (exact) mass is 430 g/mol. The Hall–Kier alpha value is -2.35. The number of rotatable bonds is 5. The zero-order chi connectivity index (χ0) is 20.4. The van der Waals surface area contributed by atoms with Gasteiger partial charge in [-0.25, -0.2) is 9.78 Å². The van der Waals surface area contributed by atoms with Gasteiger partial charge in [-0.15, -0.1) is 0 Å². The Morgan fingerprint density at radius 3 is 2.86 bits per heavy atom. The van der Waals surface area contributed by atoms with Gasteiger partial charge in [-0.05, 0) is 55.7 Å². The second-order valence-electron chi connectivity index (χ2n) is 7.39. The summed E-state index contributed by atoms with van der Waals surface area (Å²) >= 11 is 7.52. The van der Waals surface area contributed by atoms with Crippen molar-refractivity contribution in [1.82, 2.24) is 15.2 Å². The van der Waals surface area contributed by atoms with E-state index in [9.17, 15) is 4.79 Å². The van der Waals surface area contributed by atoms with Gasteiger partial charge in [-0.3, -0.25) is 4.90 Å². The lowest BCUT2D eigenvalue weighted by Gasteiger charge is -2.37.